The average molecular weight is 296 g/mol. The zero-order valence-corrected chi connectivity index (χ0v) is 14.2. The van der Waals surface area contributed by atoms with E-state index in [1.54, 1.807) is 0 Å². The highest BCUT2D eigenvalue weighted by Gasteiger charge is 2.39. The molecule has 0 atom stereocenters. The fourth-order valence-corrected chi connectivity index (χ4v) is 4.89. The van der Waals surface area contributed by atoms with E-state index in [9.17, 15) is 4.79 Å². The summed E-state index contributed by atoms with van der Waals surface area (Å²) in [6, 6.07) is 0. The van der Waals surface area contributed by atoms with Gasteiger partial charge in [0.05, 0.1) is 6.54 Å². The van der Waals surface area contributed by atoms with Gasteiger partial charge in [0.1, 0.15) is 0 Å². The van der Waals surface area contributed by atoms with Crippen LogP contribution < -0.4 is 0 Å². The minimum atomic E-state index is -0.709. The van der Waals surface area contributed by atoms with Crippen LogP contribution in [0.5, 0.6) is 0 Å². The van der Waals surface area contributed by atoms with Crippen molar-refractivity contribution in [2.24, 2.45) is 16.7 Å². The van der Waals surface area contributed by atoms with Gasteiger partial charge in [-0.05, 0) is 36.0 Å². The smallest absolute Gasteiger partial charge is 0.317 e. The van der Waals surface area contributed by atoms with Gasteiger partial charge in [-0.25, -0.2) is 0 Å². The first-order chi connectivity index (χ1) is 9.65. The molecule has 0 bridgehead atoms. The van der Waals surface area contributed by atoms with Crippen molar-refractivity contribution in [3.8, 4) is 0 Å². The van der Waals surface area contributed by atoms with Crippen molar-refractivity contribution in [1.29, 1.82) is 0 Å². The number of hydrogen-bond acceptors (Lipinski definition) is 3. The van der Waals surface area contributed by atoms with Gasteiger partial charge in [0.25, 0.3) is 0 Å². The Morgan fingerprint density at radius 2 is 1.48 bits per heavy atom. The molecule has 21 heavy (non-hydrogen) atoms. The van der Waals surface area contributed by atoms with Crippen LogP contribution >= 0.6 is 0 Å². The number of aliphatic carboxylic acids is 1. The highest BCUT2D eigenvalue weighted by molar-refractivity contribution is 5.69. The van der Waals surface area contributed by atoms with E-state index in [1.165, 1.54) is 25.8 Å². The second-order valence-electron chi connectivity index (χ2n) is 8.75. The monoisotopic (exact) mass is 296 g/mol. The summed E-state index contributed by atoms with van der Waals surface area (Å²) in [6.07, 6.45) is 3.97. The van der Waals surface area contributed by atoms with E-state index in [1.807, 2.05) is 4.90 Å². The molecule has 1 heterocycles. The molecule has 1 aliphatic heterocycles. The van der Waals surface area contributed by atoms with E-state index >= 15 is 0 Å². The summed E-state index contributed by atoms with van der Waals surface area (Å²) in [5, 5.41) is 8.85. The van der Waals surface area contributed by atoms with Crippen LogP contribution in [0.1, 0.15) is 47.0 Å². The van der Waals surface area contributed by atoms with Crippen LogP contribution in [0.2, 0.25) is 0 Å². The number of carboxylic acids is 1. The summed E-state index contributed by atoms with van der Waals surface area (Å²) < 4.78 is 0. The minimum Gasteiger partial charge on any atom is -0.480 e. The lowest BCUT2D eigenvalue weighted by atomic mass is 9.61. The number of nitrogens with zero attached hydrogens (tertiary/aromatic N) is 2. The molecule has 1 N–H and O–H groups in total. The number of hydrogen-bond donors (Lipinski definition) is 1. The van der Waals surface area contributed by atoms with Crippen LogP contribution in [0.3, 0.4) is 0 Å². The first-order valence-corrected chi connectivity index (χ1v) is 8.32. The van der Waals surface area contributed by atoms with Gasteiger partial charge < -0.3 is 10.0 Å². The molecule has 0 aromatic heterocycles. The normalized spacial score (nSPS) is 27.6. The van der Waals surface area contributed by atoms with Gasteiger partial charge >= 0.3 is 5.97 Å². The second kappa shape index (κ2) is 6.25. The Hall–Kier alpha value is -0.610. The molecule has 1 saturated carbocycles. The first kappa shape index (κ1) is 16.8. The molecule has 0 unspecified atom stereocenters. The summed E-state index contributed by atoms with van der Waals surface area (Å²) in [7, 11) is 0. The zero-order valence-electron chi connectivity index (χ0n) is 14.2. The van der Waals surface area contributed by atoms with E-state index in [4.69, 9.17) is 5.11 Å². The van der Waals surface area contributed by atoms with E-state index in [0.29, 0.717) is 10.8 Å². The molecule has 0 spiro atoms. The highest BCUT2D eigenvalue weighted by atomic mass is 16.4. The van der Waals surface area contributed by atoms with Crippen LogP contribution in [0, 0.1) is 16.7 Å². The van der Waals surface area contributed by atoms with Gasteiger partial charge in [0.2, 0.25) is 0 Å². The summed E-state index contributed by atoms with van der Waals surface area (Å²) in [5.74, 6) is 0.0778. The Morgan fingerprint density at radius 1 is 1.00 bits per heavy atom. The van der Waals surface area contributed by atoms with Crippen LogP contribution in [-0.2, 0) is 4.79 Å². The predicted octanol–water partition coefficient (Wildman–Crippen LogP) is 2.54. The molecule has 0 aromatic rings. The quantitative estimate of drug-likeness (QED) is 0.866. The van der Waals surface area contributed by atoms with Crippen LogP contribution in [0.4, 0.5) is 0 Å². The van der Waals surface area contributed by atoms with E-state index in [0.717, 1.165) is 32.1 Å². The Morgan fingerprint density at radius 3 is 1.95 bits per heavy atom. The topological polar surface area (TPSA) is 43.8 Å². The summed E-state index contributed by atoms with van der Waals surface area (Å²) >= 11 is 0. The molecule has 1 aliphatic carbocycles. The lowest BCUT2D eigenvalue weighted by Gasteiger charge is -2.47. The maximum atomic E-state index is 10.8. The minimum absolute atomic E-state index is 0.192. The molecular formula is C17H32N2O2. The Bertz CT molecular complexity index is 355. The van der Waals surface area contributed by atoms with Gasteiger partial charge in [-0.15, -0.1) is 0 Å². The molecule has 4 nitrogen and oxygen atoms in total. The van der Waals surface area contributed by atoms with E-state index < -0.39 is 5.97 Å². The Kier molecular flexibility index (Phi) is 4.99. The number of carboxylic acid groups (broad SMARTS) is 1. The molecular weight excluding hydrogens is 264 g/mol. The Labute approximate surface area is 129 Å². The SMILES string of the molecule is CC1(C)CC(CN2CCN(CC(=O)O)CC2)CC(C)(C)C1. The molecule has 0 amide bonds. The van der Waals surface area contributed by atoms with Gasteiger partial charge in [0, 0.05) is 32.7 Å². The molecule has 4 heteroatoms. The summed E-state index contributed by atoms with van der Waals surface area (Å²) in [5.41, 5.74) is 0.912. The van der Waals surface area contributed by atoms with Gasteiger partial charge in [-0.1, -0.05) is 27.7 Å². The van der Waals surface area contributed by atoms with E-state index in [2.05, 4.69) is 32.6 Å². The van der Waals surface area contributed by atoms with Crippen molar-refractivity contribution < 1.29 is 9.90 Å². The molecule has 2 fully saturated rings. The summed E-state index contributed by atoms with van der Waals surface area (Å²) in [4.78, 5) is 15.3. The maximum absolute atomic E-state index is 10.8. The number of carbonyl (C=O) groups is 1. The average Bonchev–Trinajstić information content (AvgIpc) is 2.26. The van der Waals surface area contributed by atoms with Gasteiger partial charge in [-0.3, -0.25) is 9.69 Å². The molecule has 2 rings (SSSR count). The summed E-state index contributed by atoms with van der Waals surface area (Å²) in [6.45, 7) is 14.8. The Balaban J connectivity index is 1.81. The second-order valence-corrected chi connectivity index (χ2v) is 8.75. The molecule has 122 valence electrons. The zero-order chi connectivity index (χ0) is 15.7. The predicted molar refractivity (Wildman–Crippen MR) is 85.4 cm³/mol. The molecule has 0 radical (unpaired) electrons. The third-order valence-electron chi connectivity index (χ3n) is 4.98. The molecule has 0 aromatic carbocycles. The van der Waals surface area contributed by atoms with E-state index in [-0.39, 0.29) is 6.54 Å². The number of rotatable bonds is 4. The van der Waals surface area contributed by atoms with Crippen molar-refractivity contribution in [2.45, 2.75) is 47.0 Å². The largest absolute Gasteiger partial charge is 0.480 e. The van der Waals surface area contributed by atoms with Crippen molar-refractivity contribution in [2.75, 3.05) is 39.3 Å². The van der Waals surface area contributed by atoms with Crippen molar-refractivity contribution >= 4 is 5.97 Å². The molecule has 2 aliphatic rings. The standard InChI is InChI=1S/C17H32N2O2/c1-16(2)9-14(10-17(3,4)13-16)11-18-5-7-19(8-6-18)12-15(20)21/h14H,5-13H2,1-4H3,(H,20,21). The first-order valence-electron chi connectivity index (χ1n) is 8.32. The van der Waals surface area contributed by atoms with Crippen LogP contribution in [0.25, 0.3) is 0 Å². The van der Waals surface area contributed by atoms with Crippen LogP contribution in [-0.4, -0.2) is 60.1 Å². The van der Waals surface area contributed by atoms with Gasteiger partial charge in [-0.2, -0.15) is 0 Å². The maximum Gasteiger partial charge on any atom is 0.317 e. The lowest BCUT2D eigenvalue weighted by Crippen LogP contribution is -2.50. The fraction of sp³-hybridized carbons (Fsp3) is 0.941. The van der Waals surface area contributed by atoms with Crippen molar-refractivity contribution in [3.63, 3.8) is 0 Å². The van der Waals surface area contributed by atoms with Gasteiger partial charge in [0.15, 0.2) is 0 Å². The van der Waals surface area contributed by atoms with Crippen molar-refractivity contribution in [3.05, 3.63) is 0 Å². The number of piperazine rings is 1. The van der Waals surface area contributed by atoms with Crippen LogP contribution in [0.15, 0.2) is 0 Å². The molecule has 1 saturated heterocycles. The van der Waals surface area contributed by atoms with Crippen molar-refractivity contribution in [1.82, 2.24) is 9.80 Å². The highest BCUT2D eigenvalue weighted by Crippen LogP contribution is 2.48. The third kappa shape index (κ3) is 5.26. The third-order valence-corrected chi connectivity index (χ3v) is 4.98. The fourth-order valence-electron chi connectivity index (χ4n) is 4.89. The lowest BCUT2D eigenvalue weighted by molar-refractivity contribution is -0.138.